The molecule has 0 aliphatic heterocycles. The standard InChI is InChI=1S/C12H17N3O5/c1-5-19-9(16)6-8(2)7-20-12-14-10(17-3)13-11(15-12)18-4/h6H,5,7H2,1-4H3. The zero-order valence-corrected chi connectivity index (χ0v) is 11.9. The highest BCUT2D eigenvalue weighted by Gasteiger charge is 2.08. The number of nitrogens with zero attached hydrogens (tertiary/aromatic N) is 3. The third-order valence-corrected chi connectivity index (χ3v) is 2.02. The minimum absolute atomic E-state index is 0.0466. The summed E-state index contributed by atoms with van der Waals surface area (Å²) in [6, 6.07) is 0.211. The lowest BCUT2D eigenvalue weighted by molar-refractivity contribution is -0.137. The van der Waals surface area contributed by atoms with Crippen molar-refractivity contribution in [1.29, 1.82) is 0 Å². The van der Waals surface area contributed by atoms with E-state index >= 15 is 0 Å². The van der Waals surface area contributed by atoms with Gasteiger partial charge in [0, 0.05) is 6.08 Å². The summed E-state index contributed by atoms with van der Waals surface area (Å²) in [6.45, 7) is 3.92. The van der Waals surface area contributed by atoms with Gasteiger partial charge in [0.2, 0.25) is 0 Å². The van der Waals surface area contributed by atoms with E-state index in [1.807, 2.05) is 0 Å². The van der Waals surface area contributed by atoms with Gasteiger partial charge in [-0.15, -0.1) is 15.0 Å². The van der Waals surface area contributed by atoms with Crippen LogP contribution in [0.2, 0.25) is 0 Å². The third-order valence-electron chi connectivity index (χ3n) is 2.02. The Morgan fingerprint density at radius 3 is 2.15 bits per heavy atom. The molecule has 20 heavy (non-hydrogen) atoms. The molecule has 0 atom stereocenters. The van der Waals surface area contributed by atoms with E-state index in [0.717, 1.165) is 0 Å². The molecule has 0 fully saturated rings. The number of carbonyl (C=O) groups excluding carboxylic acids is 1. The van der Waals surface area contributed by atoms with Crippen molar-refractivity contribution < 1.29 is 23.7 Å². The van der Waals surface area contributed by atoms with Gasteiger partial charge in [0.15, 0.2) is 0 Å². The van der Waals surface area contributed by atoms with E-state index in [2.05, 4.69) is 15.0 Å². The van der Waals surface area contributed by atoms with Crippen molar-refractivity contribution in [2.24, 2.45) is 0 Å². The zero-order valence-electron chi connectivity index (χ0n) is 11.9. The van der Waals surface area contributed by atoms with Crippen LogP contribution < -0.4 is 14.2 Å². The molecule has 0 spiro atoms. The van der Waals surface area contributed by atoms with Crippen LogP contribution in [0.3, 0.4) is 0 Å². The summed E-state index contributed by atoms with van der Waals surface area (Å²) >= 11 is 0. The molecule has 1 aromatic heterocycles. The second-order valence-corrected chi connectivity index (χ2v) is 3.62. The second kappa shape index (κ2) is 7.93. The Balaban J connectivity index is 2.67. The van der Waals surface area contributed by atoms with Gasteiger partial charge in [-0.25, -0.2) is 4.79 Å². The molecule has 0 saturated heterocycles. The van der Waals surface area contributed by atoms with Crippen LogP contribution in [0.15, 0.2) is 11.6 Å². The molecule has 1 heterocycles. The van der Waals surface area contributed by atoms with Gasteiger partial charge in [0.1, 0.15) is 6.61 Å². The van der Waals surface area contributed by atoms with E-state index in [0.29, 0.717) is 12.2 Å². The van der Waals surface area contributed by atoms with E-state index < -0.39 is 5.97 Å². The number of hydrogen-bond donors (Lipinski definition) is 0. The first-order chi connectivity index (χ1) is 9.58. The van der Waals surface area contributed by atoms with Gasteiger partial charge < -0.3 is 18.9 Å². The zero-order chi connectivity index (χ0) is 15.0. The molecule has 0 bridgehead atoms. The van der Waals surface area contributed by atoms with Crippen LogP contribution in [0, 0.1) is 0 Å². The smallest absolute Gasteiger partial charge is 0.330 e. The summed E-state index contributed by atoms with van der Waals surface area (Å²) in [7, 11) is 2.84. The average Bonchev–Trinajstić information content (AvgIpc) is 2.44. The summed E-state index contributed by atoms with van der Waals surface area (Å²) < 4.78 is 19.9. The quantitative estimate of drug-likeness (QED) is 0.535. The van der Waals surface area contributed by atoms with E-state index in [1.165, 1.54) is 20.3 Å². The molecule has 0 aliphatic rings. The molecule has 1 aromatic rings. The van der Waals surface area contributed by atoms with Crippen LogP contribution in [0.5, 0.6) is 18.0 Å². The van der Waals surface area contributed by atoms with Gasteiger partial charge in [0.05, 0.1) is 20.8 Å². The lowest BCUT2D eigenvalue weighted by Gasteiger charge is -2.07. The maximum Gasteiger partial charge on any atom is 0.330 e. The first-order valence-electron chi connectivity index (χ1n) is 5.89. The molecule has 8 heteroatoms. The number of methoxy groups -OCH3 is 2. The molecule has 0 N–H and O–H groups in total. The highest BCUT2D eigenvalue weighted by Crippen LogP contribution is 2.14. The molecular weight excluding hydrogens is 266 g/mol. The molecule has 0 saturated carbocycles. The average molecular weight is 283 g/mol. The lowest BCUT2D eigenvalue weighted by atomic mass is 10.3. The van der Waals surface area contributed by atoms with Gasteiger partial charge in [-0.3, -0.25) is 0 Å². The Bertz CT molecular complexity index is 468. The highest BCUT2D eigenvalue weighted by atomic mass is 16.5. The fourth-order valence-electron chi connectivity index (χ4n) is 1.17. The molecule has 110 valence electrons. The topological polar surface area (TPSA) is 92.7 Å². The minimum Gasteiger partial charge on any atom is -0.467 e. The van der Waals surface area contributed by atoms with Gasteiger partial charge in [-0.1, -0.05) is 0 Å². The molecule has 1 rings (SSSR count). The first-order valence-corrected chi connectivity index (χ1v) is 5.89. The maximum absolute atomic E-state index is 11.2. The molecule has 0 aromatic carbocycles. The van der Waals surface area contributed by atoms with Crippen molar-refractivity contribution in [2.45, 2.75) is 13.8 Å². The molecule has 8 nitrogen and oxygen atoms in total. The number of esters is 1. The normalized spacial score (nSPS) is 10.9. The predicted octanol–water partition coefficient (Wildman–Crippen LogP) is 0.777. The number of ether oxygens (including phenoxy) is 4. The largest absolute Gasteiger partial charge is 0.467 e. The van der Waals surface area contributed by atoms with E-state index in [-0.39, 0.29) is 24.6 Å². The van der Waals surface area contributed by atoms with E-state index in [4.69, 9.17) is 18.9 Å². The van der Waals surface area contributed by atoms with Crippen LogP contribution in [-0.2, 0) is 9.53 Å². The number of carbonyl (C=O) groups is 1. The SMILES string of the molecule is CCOC(=O)C=C(C)COc1nc(OC)nc(OC)n1. The number of hydrogen-bond acceptors (Lipinski definition) is 8. The van der Waals surface area contributed by atoms with E-state index in [9.17, 15) is 4.79 Å². The summed E-state index contributed by atoms with van der Waals surface area (Å²) in [6.07, 6.45) is 1.35. The van der Waals surface area contributed by atoms with Crippen LogP contribution in [0.1, 0.15) is 13.8 Å². The Labute approximate surface area is 116 Å². The van der Waals surface area contributed by atoms with Crippen LogP contribution in [0.25, 0.3) is 0 Å². The fourth-order valence-corrected chi connectivity index (χ4v) is 1.17. The van der Waals surface area contributed by atoms with Crippen LogP contribution >= 0.6 is 0 Å². The maximum atomic E-state index is 11.2. The molecular formula is C12H17N3O5. The third kappa shape index (κ3) is 5.09. The van der Waals surface area contributed by atoms with Crippen molar-refractivity contribution in [1.82, 2.24) is 15.0 Å². The van der Waals surface area contributed by atoms with Gasteiger partial charge >= 0.3 is 24.0 Å². The van der Waals surface area contributed by atoms with Gasteiger partial charge in [-0.2, -0.15) is 0 Å². The van der Waals surface area contributed by atoms with Crippen molar-refractivity contribution in [2.75, 3.05) is 27.4 Å². The fraction of sp³-hybridized carbons (Fsp3) is 0.500. The van der Waals surface area contributed by atoms with E-state index in [1.54, 1.807) is 13.8 Å². The molecule has 0 aliphatic carbocycles. The predicted molar refractivity (Wildman–Crippen MR) is 68.8 cm³/mol. The van der Waals surface area contributed by atoms with Gasteiger partial charge in [0.25, 0.3) is 0 Å². The Kier molecular flexibility index (Phi) is 6.21. The summed E-state index contributed by atoms with van der Waals surface area (Å²) in [5, 5.41) is 0. The van der Waals surface area contributed by atoms with Crippen molar-refractivity contribution >= 4 is 5.97 Å². The summed E-state index contributed by atoms with van der Waals surface area (Å²) in [5.41, 5.74) is 0.668. The van der Waals surface area contributed by atoms with Crippen LogP contribution in [0.4, 0.5) is 0 Å². The molecule has 0 amide bonds. The van der Waals surface area contributed by atoms with Crippen molar-refractivity contribution in [3.63, 3.8) is 0 Å². The van der Waals surface area contributed by atoms with Crippen molar-refractivity contribution in [3.05, 3.63) is 11.6 Å². The Morgan fingerprint density at radius 2 is 1.65 bits per heavy atom. The van der Waals surface area contributed by atoms with Crippen LogP contribution in [-0.4, -0.2) is 48.4 Å². The Hall–Kier alpha value is -2.38. The van der Waals surface area contributed by atoms with Crippen molar-refractivity contribution in [3.8, 4) is 18.0 Å². The molecule has 0 unspecified atom stereocenters. The second-order valence-electron chi connectivity index (χ2n) is 3.62. The monoisotopic (exact) mass is 283 g/mol. The molecule has 0 radical (unpaired) electrons. The first kappa shape index (κ1) is 15.7. The lowest BCUT2D eigenvalue weighted by Crippen LogP contribution is -2.08. The minimum atomic E-state index is -0.417. The number of rotatable bonds is 7. The highest BCUT2D eigenvalue weighted by molar-refractivity contribution is 5.82. The summed E-state index contributed by atoms with van der Waals surface area (Å²) in [5.74, 6) is -0.417. The van der Waals surface area contributed by atoms with Gasteiger partial charge in [-0.05, 0) is 19.4 Å². The number of aromatic nitrogens is 3. The Morgan fingerprint density at radius 1 is 1.10 bits per heavy atom. The summed E-state index contributed by atoms with van der Waals surface area (Å²) in [4.78, 5) is 22.9.